The number of ether oxygens (including phenoxy) is 1. The minimum atomic E-state index is -0.582. The number of nitrogens with one attached hydrogen (secondary N) is 1. The molecule has 0 spiro atoms. The molecule has 2 aromatic carbocycles. The van der Waals surface area contributed by atoms with E-state index < -0.39 is 12.2 Å². The minimum Gasteiger partial charge on any atom is -0.444 e. The predicted molar refractivity (Wildman–Crippen MR) is 133 cm³/mol. The normalized spacial score (nSPS) is 15.4. The molecular weight excluding hydrogens is 430 g/mol. The van der Waals surface area contributed by atoms with Crippen LogP contribution in [0.2, 0.25) is 0 Å². The Kier molecular flexibility index (Phi) is 6.77. The average Bonchev–Trinajstić information content (AvgIpc) is 3.14. The summed E-state index contributed by atoms with van der Waals surface area (Å²) in [5.41, 5.74) is 5.23. The molecule has 8 nitrogen and oxygen atoms in total. The van der Waals surface area contributed by atoms with Crippen LogP contribution in [-0.2, 0) is 9.53 Å². The van der Waals surface area contributed by atoms with Crippen LogP contribution in [0.15, 0.2) is 54.6 Å². The molecule has 0 bridgehead atoms. The van der Waals surface area contributed by atoms with E-state index in [1.807, 2.05) is 75.1 Å². The molecule has 0 saturated carbocycles. The highest BCUT2D eigenvalue weighted by Crippen LogP contribution is 2.26. The summed E-state index contributed by atoms with van der Waals surface area (Å²) in [6, 6.07) is 17.1. The zero-order chi connectivity index (χ0) is 24.2. The first-order valence-corrected chi connectivity index (χ1v) is 11.4. The van der Waals surface area contributed by atoms with Gasteiger partial charge < -0.3 is 14.5 Å². The Morgan fingerprint density at radius 1 is 1.09 bits per heavy atom. The number of aryl methyl sites for hydroxylation is 3. The van der Waals surface area contributed by atoms with Crippen LogP contribution in [0.25, 0.3) is 0 Å². The smallest absolute Gasteiger partial charge is 0.411 e. The van der Waals surface area contributed by atoms with Crippen molar-refractivity contribution in [3.8, 4) is 0 Å². The summed E-state index contributed by atoms with van der Waals surface area (Å²) >= 11 is 0. The summed E-state index contributed by atoms with van der Waals surface area (Å²) in [6.45, 7) is 8.95. The fraction of sp³-hybridized carbons (Fsp3) is 0.308. The molecule has 2 heterocycles. The average molecular weight is 460 g/mol. The summed E-state index contributed by atoms with van der Waals surface area (Å²) in [6.07, 6.45) is -0.909. The topological polar surface area (TPSA) is 87.7 Å². The number of carbonyl (C=O) groups excluding carboxylic acids is 2. The predicted octanol–water partition coefficient (Wildman–Crippen LogP) is 4.91. The van der Waals surface area contributed by atoms with Crippen LogP contribution in [0.5, 0.6) is 0 Å². The SMILES string of the molecule is CCN(c1ccc(NC(=O)OC2CC(=O)N(c3cccc(C)c3)C2)cc1)c1nc(C)cc(C)n1. The summed E-state index contributed by atoms with van der Waals surface area (Å²) in [4.78, 5) is 37.6. The second-order valence-electron chi connectivity index (χ2n) is 8.44. The van der Waals surface area contributed by atoms with E-state index in [0.717, 1.165) is 28.3 Å². The second-order valence-corrected chi connectivity index (χ2v) is 8.44. The molecule has 1 atom stereocenters. The molecule has 1 N–H and O–H groups in total. The Labute approximate surface area is 199 Å². The Balaban J connectivity index is 1.37. The van der Waals surface area contributed by atoms with Crippen molar-refractivity contribution in [1.29, 1.82) is 0 Å². The van der Waals surface area contributed by atoms with E-state index >= 15 is 0 Å². The number of carbonyl (C=O) groups is 2. The maximum atomic E-state index is 12.5. The van der Waals surface area contributed by atoms with E-state index in [-0.39, 0.29) is 12.3 Å². The van der Waals surface area contributed by atoms with Crippen LogP contribution in [0, 0.1) is 20.8 Å². The van der Waals surface area contributed by atoms with E-state index in [1.165, 1.54) is 0 Å². The molecule has 176 valence electrons. The Morgan fingerprint density at radius 3 is 2.44 bits per heavy atom. The first-order valence-electron chi connectivity index (χ1n) is 11.4. The number of benzene rings is 2. The fourth-order valence-electron chi connectivity index (χ4n) is 4.09. The number of hydrogen-bond donors (Lipinski definition) is 1. The Morgan fingerprint density at radius 2 is 1.79 bits per heavy atom. The molecule has 1 aliphatic rings. The first kappa shape index (κ1) is 23.2. The molecule has 1 fully saturated rings. The lowest BCUT2D eigenvalue weighted by molar-refractivity contribution is -0.117. The largest absolute Gasteiger partial charge is 0.444 e. The van der Waals surface area contributed by atoms with Gasteiger partial charge in [-0.1, -0.05) is 12.1 Å². The standard InChI is InChI=1S/C26H29N5O3/c1-5-30(25-27-18(3)14-19(4)28-25)21-11-9-20(10-12-21)29-26(33)34-23-15-24(32)31(16-23)22-8-6-7-17(2)13-22/h6-14,23H,5,15-16H2,1-4H3,(H,29,33). The van der Waals surface area contributed by atoms with Crippen LogP contribution < -0.4 is 15.1 Å². The number of nitrogens with zero attached hydrogens (tertiary/aromatic N) is 4. The minimum absolute atomic E-state index is 0.0546. The van der Waals surface area contributed by atoms with E-state index in [0.29, 0.717) is 24.7 Å². The highest BCUT2D eigenvalue weighted by molar-refractivity contribution is 5.96. The van der Waals surface area contributed by atoms with E-state index in [1.54, 1.807) is 17.0 Å². The van der Waals surface area contributed by atoms with Gasteiger partial charge in [0.05, 0.1) is 13.0 Å². The molecule has 34 heavy (non-hydrogen) atoms. The van der Waals surface area contributed by atoms with Gasteiger partial charge in [-0.3, -0.25) is 10.1 Å². The van der Waals surface area contributed by atoms with Gasteiger partial charge in [0.25, 0.3) is 0 Å². The van der Waals surface area contributed by atoms with Crippen molar-refractivity contribution in [2.24, 2.45) is 0 Å². The number of hydrogen-bond acceptors (Lipinski definition) is 6. The van der Waals surface area contributed by atoms with Gasteiger partial charge >= 0.3 is 6.09 Å². The third-order valence-corrected chi connectivity index (χ3v) is 5.63. The summed E-state index contributed by atoms with van der Waals surface area (Å²) in [5, 5.41) is 2.75. The molecule has 8 heteroatoms. The van der Waals surface area contributed by atoms with Crippen LogP contribution in [0.1, 0.15) is 30.3 Å². The van der Waals surface area contributed by atoms with Crippen molar-refractivity contribution in [1.82, 2.24) is 9.97 Å². The molecule has 1 saturated heterocycles. The zero-order valence-electron chi connectivity index (χ0n) is 19.9. The summed E-state index contributed by atoms with van der Waals surface area (Å²) in [7, 11) is 0. The molecule has 3 aromatic rings. The number of anilines is 4. The molecular formula is C26H29N5O3. The zero-order valence-corrected chi connectivity index (χ0v) is 19.9. The van der Waals surface area contributed by atoms with E-state index in [4.69, 9.17) is 4.74 Å². The summed E-state index contributed by atoms with van der Waals surface area (Å²) < 4.78 is 5.52. The quantitative estimate of drug-likeness (QED) is 0.563. The molecule has 1 unspecified atom stereocenters. The molecule has 0 radical (unpaired) electrons. The number of aromatic nitrogens is 2. The van der Waals surface area contributed by atoms with Gasteiger partial charge in [-0.25, -0.2) is 14.8 Å². The van der Waals surface area contributed by atoms with Crippen molar-refractivity contribution in [3.05, 3.63) is 71.5 Å². The maximum Gasteiger partial charge on any atom is 0.411 e. The van der Waals surface area contributed by atoms with Gasteiger partial charge in [-0.05, 0) is 75.7 Å². The highest BCUT2D eigenvalue weighted by Gasteiger charge is 2.33. The van der Waals surface area contributed by atoms with Gasteiger partial charge in [0.1, 0.15) is 6.10 Å². The Hall–Kier alpha value is -3.94. The molecule has 2 amide bonds. The highest BCUT2D eigenvalue weighted by atomic mass is 16.6. The first-order chi connectivity index (χ1) is 16.3. The molecule has 4 rings (SSSR count). The monoisotopic (exact) mass is 459 g/mol. The second kappa shape index (κ2) is 9.91. The number of rotatable bonds is 6. The fourth-order valence-corrected chi connectivity index (χ4v) is 4.09. The van der Waals surface area contributed by atoms with Crippen LogP contribution in [0.3, 0.4) is 0 Å². The van der Waals surface area contributed by atoms with Crippen molar-refractivity contribution < 1.29 is 14.3 Å². The van der Waals surface area contributed by atoms with Crippen LogP contribution in [-0.4, -0.2) is 41.2 Å². The van der Waals surface area contributed by atoms with Gasteiger partial charge in [0.15, 0.2) is 0 Å². The van der Waals surface area contributed by atoms with Crippen molar-refractivity contribution in [2.45, 2.75) is 40.2 Å². The lowest BCUT2D eigenvalue weighted by atomic mass is 10.2. The van der Waals surface area contributed by atoms with Crippen molar-refractivity contribution in [3.63, 3.8) is 0 Å². The van der Waals surface area contributed by atoms with E-state index in [2.05, 4.69) is 15.3 Å². The third-order valence-electron chi connectivity index (χ3n) is 5.63. The lowest BCUT2D eigenvalue weighted by Crippen LogP contribution is -2.28. The van der Waals surface area contributed by atoms with Crippen LogP contribution >= 0.6 is 0 Å². The van der Waals surface area contributed by atoms with Gasteiger partial charge in [0.2, 0.25) is 11.9 Å². The van der Waals surface area contributed by atoms with Crippen molar-refractivity contribution >= 4 is 35.0 Å². The van der Waals surface area contributed by atoms with Gasteiger partial charge in [-0.15, -0.1) is 0 Å². The maximum absolute atomic E-state index is 12.5. The molecule has 0 aliphatic carbocycles. The third kappa shape index (κ3) is 5.33. The van der Waals surface area contributed by atoms with Gasteiger partial charge in [0, 0.05) is 35.0 Å². The molecule has 1 aromatic heterocycles. The molecule has 1 aliphatic heterocycles. The Bertz CT molecular complexity index is 1180. The van der Waals surface area contributed by atoms with Crippen molar-refractivity contribution in [2.75, 3.05) is 28.2 Å². The lowest BCUT2D eigenvalue weighted by Gasteiger charge is -2.22. The van der Waals surface area contributed by atoms with Crippen LogP contribution in [0.4, 0.5) is 27.8 Å². The summed E-state index contributed by atoms with van der Waals surface area (Å²) in [5.74, 6) is 0.588. The number of amides is 2. The van der Waals surface area contributed by atoms with Gasteiger partial charge in [-0.2, -0.15) is 0 Å². The van der Waals surface area contributed by atoms with E-state index in [9.17, 15) is 9.59 Å².